The van der Waals surface area contributed by atoms with Crippen molar-refractivity contribution < 1.29 is 58.7 Å². The fraction of sp³-hybridized carbons (Fsp3) is 0.889. The SMILES string of the molecule is O=C([O-])[C@@H](CO)O[C@H]1O[C@H](COP(=O)([O-])[O-])[C@@H](O)[C@H](O)[C@@H]1O. The molecule has 6 atom stereocenters. The van der Waals surface area contributed by atoms with Crippen LogP contribution in [0.3, 0.4) is 0 Å². The van der Waals surface area contributed by atoms with Gasteiger partial charge in [0.2, 0.25) is 0 Å². The topological polar surface area (TPSA) is 212 Å². The van der Waals surface area contributed by atoms with Crippen molar-refractivity contribution in [2.75, 3.05) is 13.2 Å². The van der Waals surface area contributed by atoms with Crippen LogP contribution in [0.25, 0.3) is 0 Å². The van der Waals surface area contributed by atoms with Gasteiger partial charge in [-0.05, 0) is 0 Å². The molecule has 1 heterocycles. The number of carboxylic acids is 1. The second-order valence-electron chi connectivity index (χ2n) is 4.38. The molecule has 0 amide bonds. The van der Waals surface area contributed by atoms with Crippen LogP contribution in [0, 0.1) is 0 Å². The summed E-state index contributed by atoms with van der Waals surface area (Å²) in [5.41, 5.74) is 0. The van der Waals surface area contributed by atoms with Crippen molar-refractivity contribution in [3.05, 3.63) is 0 Å². The van der Waals surface area contributed by atoms with Crippen LogP contribution < -0.4 is 14.9 Å². The molecule has 0 saturated carbocycles. The van der Waals surface area contributed by atoms with Gasteiger partial charge in [0.25, 0.3) is 0 Å². The minimum atomic E-state index is -5.38. The number of hydrogen-bond acceptors (Lipinski definition) is 12. The maximum Gasteiger partial charge on any atom is 0.187 e. The smallest absolute Gasteiger partial charge is 0.187 e. The lowest BCUT2D eigenvalue weighted by atomic mass is 9.99. The Morgan fingerprint density at radius 2 is 1.82 bits per heavy atom. The summed E-state index contributed by atoms with van der Waals surface area (Å²) in [5.74, 6) is -1.84. The van der Waals surface area contributed by atoms with Gasteiger partial charge in [-0.3, -0.25) is 0 Å². The summed E-state index contributed by atoms with van der Waals surface area (Å²) in [6, 6.07) is 0. The third kappa shape index (κ3) is 5.21. The van der Waals surface area contributed by atoms with E-state index in [0.29, 0.717) is 0 Å². The first-order chi connectivity index (χ1) is 10.1. The molecule has 4 N–H and O–H groups in total. The Bertz CT molecular complexity index is 423. The Labute approximate surface area is 123 Å². The average Bonchev–Trinajstić information content (AvgIpc) is 2.41. The molecule has 0 aliphatic carbocycles. The van der Waals surface area contributed by atoms with Crippen molar-refractivity contribution in [3.8, 4) is 0 Å². The van der Waals surface area contributed by atoms with E-state index in [2.05, 4.69) is 9.26 Å². The van der Waals surface area contributed by atoms with E-state index in [-0.39, 0.29) is 0 Å². The summed E-state index contributed by atoms with van der Waals surface area (Å²) in [6.45, 7) is -2.03. The highest BCUT2D eigenvalue weighted by Gasteiger charge is 2.45. The monoisotopic (exact) mass is 345 g/mol. The number of carbonyl (C=O) groups excluding carboxylic acids is 1. The standard InChI is InChI=1S/C9H17O12P/c10-1-3(8(14)15)20-9-7(13)6(12)5(11)4(21-9)2-19-22(16,17)18/h3-7,9-13H,1-2H2,(H,14,15)(H2,16,17,18)/p-3/t3-,4-,5-,6+,7+,9+/m1/s1. The van der Waals surface area contributed by atoms with Crippen LogP contribution in [-0.2, 0) is 23.4 Å². The number of phosphoric acid groups is 1. The van der Waals surface area contributed by atoms with E-state index in [4.69, 9.17) is 9.84 Å². The molecule has 1 aliphatic heterocycles. The second-order valence-corrected chi connectivity index (χ2v) is 5.54. The Morgan fingerprint density at radius 1 is 1.23 bits per heavy atom. The molecule has 12 nitrogen and oxygen atoms in total. The molecule has 0 unspecified atom stereocenters. The van der Waals surface area contributed by atoms with Gasteiger partial charge in [-0.25, -0.2) is 0 Å². The highest BCUT2D eigenvalue weighted by Crippen LogP contribution is 2.29. The molecular weight excluding hydrogens is 331 g/mol. The van der Waals surface area contributed by atoms with Crippen LogP contribution in [-0.4, -0.2) is 76.4 Å². The van der Waals surface area contributed by atoms with Crippen molar-refractivity contribution >= 4 is 13.8 Å². The van der Waals surface area contributed by atoms with E-state index < -0.39 is 63.8 Å². The van der Waals surface area contributed by atoms with E-state index in [1.165, 1.54) is 0 Å². The predicted octanol–water partition coefficient (Wildman–Crippen LogP) is -6.23. The zero-order valence-electron chi connectivity index (χ0n) is 10.9. The van der Waals surface area contributed by atoms with Gasteiger partial charge in [0.1, 0.15) is 30.5 Å². The molecule has 0 spiro atoms. The molecule has 0 aromatic carbocycles. The Balaban J connectivity index is 2.77. The third-order valence-electron chi connectivity index (χ3n) is 2.79. The largest absolute Gasteiger partial charge is 0.790 e. The lowest BCUT2D eigenvalue weighted by Gasteiger charge is -2.42. The van der Waals surface area contributed by atoms with Crippen molar-refractivity contribution in [1.82, 2.24) is 0 Å². The fourth-order valence-electron chi connectivity index (χ4n) is 1.67. The molecule has 1 rings (SSSR count). The van der Waals surface area contributed by atoms with Crippen molar-refractivity contribution in [2.45, 2.75) is 36.8 Å². The van der Waals surface area contributed by atoms with Gasteiger partial charge in [0.05, 0.1) is 27.0 Å². The van der Waals surface area contributed by atoms with Crippen molar-refractivity contribution in [3.63, 3.8) is 0 Å². The van der Waals surface area contributed by atoms with E-state index in [1.54, 1.807) is 0 Å². The summed E-state index contributed by atoms with van der Waals surface area (Å²) in [7, 11) is -5.38. The lowest BCUT2D eigenvalue weighted by Crippen LogP contribution is -2.60. The number of carbonyl (C=O) groups is 1. The van der Waals surface area contributed by atoms with Crippen LogP contribution in [0.15, 0.2) is 0 Å². The van der Waals surface area contributed by atoms with Gasteiger partial charge in [-0.2, -0.15) is 0 Å². The minimum Gasteiger partial charge on any atom is -0.790 e. The Kier molecular flexibility index (Phi) is 6.83. The fourth-order valence-corrected chi connectivity index (χ4v) is 2.00. The zero-order valence-corrected chi connectivity index (χ0v) is 11.8. The summed E-state index contributed by atoms with van der Waals surface area (Å²) < 4.78 is 23.8. The normalized spacial score (nSPS) is 34.4. The highest BCUT2D eigenvalue weighted by molar-refractivity contribution is 7.43. The Morgan fingerprint density at radius 3 is 2.27 bits per heavy atom. The van der Waals surface area contributed by atoms with Gasteiger partial charge in [-0.15, -0.1) is 0 Å². The summed E-state index contributed by atoms with van der Waals surface area (Å²) >= 11 is 0. The highest BCUT2D eigenvalue weighted by atomic mass is 31.2. The number of aliphatic carboxylic acids is 1. The maximum absolute atomic E-state index is 10.6. The molecule has 0 radical (unpaired) electrons. The first kappa shape index (κ1) is 19.4. The van der Waals surface area contributed by atoms with Crippen LogP contribution in [0.5, 0.6) is 0 Å². The second kappa shape index (κ2) is 7.75. The first-order valence-electron chi connectivity index (χ1n) is 5.90. The quantitative estimate of drug-likeness (QED) is 0.317. The summed E-state index contributed by atoms with van der Waals surface area (Å²) in [6.07, 6.45) is -11.0. The molecule has 1 aliphatic rings. The zero-order chi connectivity index (χ0) is 17.1. The van der Waals surface area contributed by atoms with Crippen molar-refractivity contribution in [2.24, 2.45) is 0 Å². The predicted molar refractivity (Wildman–Crippen MR) is 57.2 cm³/mol. The van der Waals surface area contributed by atoms with Crippen LogP contribution in [0.4, 0.5) is 0 Å². The number of hydrogen-bond donors (Lipinski definition) is 4. The maximum atomic E-state index is 10.6. The molecular formula is C9H14O12P-3. The molecule has 22 heavy (non-hydrogen) atoms. The van der Waals surface area contributed by atoms with Crippen LogP contribution in [0.2, 0.25) is 0 Å². The molecule has 1 fully saturated rings. The molecule has 0 aromatic heterocycles. The molecule has 130 valence electrons. The number of rotatable bonds is 7. The number of ether oxygens (including phenoxy) is 2. The van der Waals surface area contributed by atoms with E-state index in [0.717, 1.165) is 0 Å². The number of phosphoric ester groups is 1. The minimum absolute atomic E-state index is 0.996. The summed E-state index contributed by atoms with van der Waals surface area (Å²) in [4.78, 5) is 31.4. The molecule has 0 aromatic rings. The number of aliphatic hydroxyl groups is 4. The average molecular weight is 345 g/mol. The number of aliphatic hydroxyl groups excluding tert-OH is 4. The summed E-state index contributed by atoms with van der Waals surface area (Å²) in [5, 5.41) is 48.1. The van der Waals surface area contributed by atoms with Crippen LogP contribution in [0.1, 0.15) is 0 Å². The van der Waals surface area contributed by atoms with E-state index in [9.17, 15) is 39.6 Å². The van der Waals surface area contributed by atoms with E-state index >= 15 is 0 Å². The van der Waals surface area contributed by atoms with Gasteiger partial charge in [-0.1, -0.05) is 0 Å². The lowest BCUT2D eigenvalue weighted by molar-refractivity contribution is -0.353. The molecule has 1 saturated heterocycles. The molecule has 13 heteroatoms. The first-order valence-corrected chi connectivity index (χ1v) is 7.36. The Hall–Kier alpha value is -0.660. The van der Waals surface area contributed by atoms with Crippen LogP contribution >= 0.6 is 7.82 Å². The van der Waals surface area contributed by atoms with Gasteiger partial charge >= 0.3 is 0 Å². The molecule has 0 bridgehead atoms. The van der Waals surface area contributed by atoms with Gasteiger partial charge < -0.3 is 58.7 Å². The van der Waals surface area contributed by atoms with Gasteiger partial charge in [0, 0.05) is 0 Å². The number of carboxylic acid groups (broad SMARTS) is 1. The van der Waals surface area contributed by atoms with Gasteiger partial charge in [0.15, 0.2) is 6.29 Å². The van der Waals surface area contributed by atoms with E-state index in [1.807, 2.05) is 0 Å². The third-order valence-corrected chi connectivity index (χ3v) is 3.26. The van der Waals surface area contributed by atoms with Crippen molar-refractivity contribution in [1.29, 1.82) is 0 Å².